The number of hydrogen-bond donors (Lipinski definition) is 2. The molecule has 2 aromatic heterocycles. The Balaban J connectivity index is 0.000000117. The van der Waals surface area contributed by atoms with Gasteiger partial charge in [0.1, 0.15) is 0 Å². The number of hydrogen-bond acceptors (Lipinski definition) is 2. The van der Waals surface area contributed by atoms with Crippen LogP contribution in [0.3, 0.4) is 0 Å². The highest BCUT2D eigenvalue weighted by molar-refractivity contribution is 9.10. The molecular weight excluding hydrogens is 304 g/mol. The quantitative estimate of drug-likeness (QED) is 0.517. The highest BCUT2D eigenvalue weighted by Gasteiger charge is 1.93. The third kappa shape index (κ3) is 2.66. The Morgan fingerprint density at radius 1 is 0.789 bits per heavy atom. The SMILES string of the molecule is Brc1ccc2[nH]cnc2c1.c1ccc2[nH]cnc2c1. The highest BCUT2D eigenvalue weighted by Crippen LogP contribution is 2.15. The predicted octanol–water partition coefficient (Wildman–Crippen LogP) is 3.89. The number of benzene rings is 2. The van der Waals surface area contributed by atoms with Gasteiger partial charge >= 0.3 is 0 Å². The van der Waals surface area contributed by atoms with E-state index in [-0.39, 0.29) is 0 Å². The maximum absolute atomic E-state index is 4.09. The van der Waals surface area contributed by atoms with Crippen LogP contribution < -0.4 is 0 Å². The van der Waals surface area contributed by atoms with Crippen LogP contribution in [0.2, 0.25) is 0 Å². The highest BCUT2D eigenvalue weighted by atomic mass is 79.9. The third-order valence-electron chi connectivity index (χ3n) is 2.71. The van der Waals surface area contributed by atoms with Crippen molar-refractivity contribution in [3.8, 4) is 0 Å². The molecule has 0 atom stereocenters. The first-order valence-corrected chi connectivity index (χ1v) is 6.59. The molecule has 0 unspecified atom stereocenters. The lowest BCUT2D eigenvalue weighted by Gasteiger charge is -1.87. The minimum absolute atomic E-state index is 0.995. The van der Waals surface area contributed by atoms with Crippen LogP contribution in [-0.4, -0.2) is 19.9 Å². The zero-order valence-electron chi connectivity index (χ0n) is 9.97. The van der Waals surface area contributed by atoms with Gasteiger partial charge in [0, 0.05) is 4.47 Å². The number of para-hydroxylation sites is 2. The summed E-state index contributed by atoms with van der Waals surface area (Å²) >= 11 is 3.36. The normalized spacial score (nSPS) is 10.4. The molecule has 0 amide bonds. The summed E-state index contributed by atoms with van der Waals surface area (Å²) in [5, 5.41) is 0. The molecule has 4 nitrogen and oxygen atoms in total. The fraction of sp³-hybridized carbons (Fsp3) is 0. The number of aromatic amines is 2. The van der Waals surface area contributed by atoms with Crippen molar-refractivity contribution in [2.24, 2.45) is 0 Å². The van der Waals surface area contributed by atoms with E-state index in [9.17, 15) is 0 Å². The molecule has 0 saturated heterocycles. The number of nitrogens with zero attached hydrogens (tertiary/aromatic N) is 2. The number of rotatable bonds is 0. The molecule has 0 radical (unpaired) electrons. The monoisotopic (exact) mass is 314 g/mol. The van der Waals surface area contributed by atoms with Crippen LogP contribution in [0, 0.1) is 0 Å². The Kier molecular flexibility index (Phi) is 3.29. The number of aromatic nitrogens is 4. The topological polar surface area (TPSA) is 57.4 Å². The lowest BCUT2D eigenvalue weighted by molar-refractivity contribution is 1.34. The van der Waals surface area contributed by atoms with Gasteiger partial charge in [0.25, 0.3) is 0 Å². The molecule has 0 aliphatic heterocycles. The first-order chi connectivity index (χ1) is 9.33. The number of nitrogens with one attached hydrogen (secondary N) is 2. The minimum atomic E-state index is 0.995. The lowest BCUT2D eigenvalue weighted by Crippen LogP contribution is -1.67. The number of imidazole rings is 2. The van der Waals surface area contributed by atoms with Crippen LogP contribution in [0.15, 0.2) is 59.6 Å². The number of H-pyrrole nitrogens is 2. The van der Waals surface area contributed by atoms with Crippen LogP contribution in [0.4, 0.5) is 0 Å². The number of halogens is 1. The van der Waals surface area contributed by atoms with Crippen LogP contribution in [0.1, 0.15) is 0 Å². The van der Waals surface area contributed by atoms with E-state index >= 15 is 0 Å². The van der Waals surface area contributed by atoms with Gasteiger partial charge in [-0.3, -0.25) is 0 Å². The maximum Gasteiger partial charge on any atom is 0.0931 e. The Bertz CT molecular complexity index is 773. The van der Waals surface area contributed by atoms with Crippen molar-refractivity contribution in [2.75, 3.05) is 0 Å². The fourth-order valence-electron chi connectivity index (χ4n) is 1.78. The lowest BCUT2D eigenvalue weighted by atomic mass is 10.3. The maximum atomic E-state index is 4.09. The molecule has 2 heterocycles. The summed E-state index contributed by atoms with van der Waals surface area (Å²) in [6.07, 6.45) is 3.39. The van der Waals surface area contributed by atoms with E-state index in [4.69, 9.17) is 0 Å². The summed E-state index contributed by atoms with van der Waals surface area (Å²) < 4.78 is 1.06. The van der Waals surface area contributed by atoms with E-state index in [0.29, 0.717) is 0 Å². The van der Waals surface area contributed by atoms with Crippen LogP contribution >= 0.6 is 15.9 Å². The summed E-state index contributed by atoms with van der Waals surface area (Å²) in [5.41, 5.74) is 4.19. The molecule has 5 heteroatoms. The standard InChI is InChI=1S/C7H5BrN2.C7H6N2/c8-5-1-2-6-7(3-5)10-4-9-6;1-2-4-7-6(3-1)8-5-9-7/h1-4H,(H,9,10);1-5H,(H,8,9). The molecule has 0 aliphatic rings. The first kappa shape index (κ1) is 11.9. The molecule has 0 bridgehead atoms. The van der Waals surface area contributed by atoms with Gasteiger partial charge in [0.15, 0.2) is 0 Å². The van der Waals surface area contributed by atoms with Crippen molar-refractivity contribution < 1.29 is 0 Å². The molecule has 0 saturated carbocycles. The molecule has 19 heavy (non-hydrogen) atoms. The van der Waals surface area contributed by atoms with E-state index in [1.165, 1.54) is 0 Å². The van der Waals surface area contributed by atoms with Crippen molar-refractivity contribution >= 4 is 38.0 Å². The largest absolute Gasteiger partial charge is 0.345 e. The summed E-state index contributed by atoms with van der Waals surface area (Å²) in [6, 6.07) is 13.9. The van der Waals surface area contributed by atoms with Gasteiger partial charge < -0.3 is 9.97 Å². The Hall–Kier alpha value is -2.14. The summed E-state index contributed by atoms with van der Waals surface area (Å²) in [4.78, 5) is 14.2. The molecule has 4 rings (SSSR count). The van der Waals surface area contributed by atoms with E-state index in [1.54, 1.807) is 12.7 Å². The average Bonchev–Trinajstić information content (AvgIpc) is 3.07. The Morgan fingerprint density at radius 2 is 1.47 bits per heavy atom. The second-order valence-electron chi connectivity index (χ2n) is 3.98. The molecule has 0 spiro atoms. The van der Waals surface area contributed by atoms with Crippen molar-refractivity contribution in [1.82, 2.24) is 19.9 Å². The molecule has 94 valence electrons. The molecule has 0 aliphatic carbocycles. The number of fused-ring (bicyclic) bond motifs is 2. The third-order valence-corrected chi connectivity index (χ3v) is 3.20. The van der Waals surface area contributed by atoms with Gasteiger partial charge in [0.05, 0.1) is 34.7 Å². The van der Waals surface area contributed by atoms with Gasteiger partial charge in [-0.1, -0.05) is 28.1 Å². The molecule has 2 N–H and O–H groups in total. The van der Waals surface area contributed by atoms with Crippen LogP contribution in [0.5, 0.6) is 0 Å². The Labute approximate surface area is 118 Å². The second kappa shape index (κ2) is 5.24. The van der Waals surface area contributed by atoms with E-state index in [1.807, 2.05) is 42.5 Å². The Morgan fingerprint density at radius 3 is 2.26 bits per heavy atom. The smallest absolute Gasteiger partial charge is 0.0931 e. The molecule has 0 fully saturated rings. The summed E-state index contributed by atoms with van der Waals surface area (Å²) in [6.45, 7) is 0. The average molecular weight is 315 g/mol. The zero-order valence-corrected chi connectivity index (χ0v) is 11.6. The van der Waals surface area contributed by atoms with Gasteiger partial charge in [-0.25, -0.2) is 9.97 Å². The van der Waals surface area contributed by atoms with Gasteiger partial charge in [-0.2, -0.15) is 0 Å². The van der Waals surface area contributed by atoms with E-state index < -0.39 is 0 Å². The molecule has 4 aromatic rings. The van der Waals surface area contributed by atoms with Crippen LogP contribution in [-0.2, 0) is 0 Å². The van der Waals surface area contributed by atoms with Crippen molar-refractivity contribution in [3.05, 3.63) is 59.6 Å². The summed E-state index contributed by atoms with van der Waals surface area (Å²) in [7, 11) is 0. The van der Waals surface area contributed by atoms with Crippen LogP contribution in [0.25, 0.3) is 22.1 Å². The van der Waals surface area contributed by atoms with E-state index in [2.05, 4.69) is 35.9 Å². The predicted molar refractivity (Wildman–Crippen MR) is 79.9 cm³/mol. The van der Waals surface area contributed by atoms with Crippen molar-refractivity contribution in [2.45, 2.75) is 0 Å². The molecule has 2 aromatic carbocycles. The zero-order chi connectivity index (χ0) is 13.1. The van der Waals surface area contributed by atoms with Gasteiger partial charge in [-0.05, 0) is 30.3 Å². The van der Waals surface area contributed by atoms with Crippen molar-refractivity contribution in [1.29, 1.82) is 0 Å². The van der Waals surface area contributed by atoms with Gasteiger partial charge in [-0.15, -0.1) is 0 Å². The summed E-state index contributed by atoms with van der Waals surface area (Å²) in [5.74, 6) is 0. The molecular formula is C14H11BrN4. The minimum Gasteiger partial charge on any atom is -0.345 e. The first-order valence-electron chi connectivity index (χ1n) is 5.80. The van der Waals surface area contributed by atoms with E-state index in [0.717, 1.165) is 26.5 Å². The van der Waals surface area contributed by atoms with Gasteiger partial charge in [0.2, 0.25) is 0 Å². The second-order valence-corrected chi connectivity index (χ2v) is 4.90. The van der Waals surface area contributed by atoms with Crippen molar-refractivity contribution in [3.63, 3.8) is 0 Å². The fourth-order valence-corrected chi connectivity index (χ4v) is 2.13.